The number of halogens is 1. The highest BCUT2D eigenvalue weighted by Crippen LogP contribution is 2.42. The third-order valence-electron chi connectivity index (χ3n) is 5.93. The lowest BCUT2D eigenvalue weighted by molar-refractivity contribution is -0.128. The van der Waals surface area contributed by atoms with Crippen molar-refractivity contribution in [3.8, 4) is 5.75 Å². The molecule has 0 spiro atoms. The molecule has 1 aliphatic rings. The van der Waals surface area contributed by atoms with E-state index in [1.54, 1.807) is 6.08 Å². The van der Waals surface area contributed by atoms with Crippen LogP contribution in [0.15, 0.2) is 101 Å². The lowest BCUT2D eigenvalue weighted by Crippen LogP contribution is -2.50. The van der Waals surface area contributed by atoms with Crippen molar-refractivity contribution in [3.63, 3.8) is 0 Å². The molecular formula is C29H29BrN2O4. The van der Waals surface area contributed by atoms with Crippen LogP contribution in [0.3, 0.4) is 0 Å². The van der Waals surface area contributed by atoms with Crippen molar-refractivity contribution in [1.29, 1.82) is 0 Å². The number of amides is 1. The largest absolute Gasteiger partial charge is 0.494 e. The van der Waals surface area contributed by atoms with E-state index in [0.29, 0.717) is 37.6 Å². The van der Waals surface area contributed by atoms with Gasteiger partial charge in [-0.2, -0.15) is 0 Å². The number of ether oxygens (including phenoxy) is 2. The SMILES string of the molecule is C=CCNC(=O)[C@]1(Cc2ccccc2)N=C(c2ccc(OCCCO)cc2)O[C@@H]1c1ccc(Br)cc1. The molecule has 2 N–H and O–H groups in total. The third kappa shape index (κ3) is 5.86. The third-order valence-corrected chi connectivity index (χ3v) is 6.45. The molecule has 3 aromatic rings. The minimum Gasteiger partial charge on any atom is -0.494 e. The minimum absolute atomic E-state index is 0.0809. The Morgan fingerprint density at radius 2 is 1.83 bits per heavy atom. The van der Waals surface area contributed by atoms with Crippen LogP contribution in [0.2, 0.25) is 0 Å². The maximum atomic E-state index is 13.8. The lowest BCUT2D eigenvalue weighted by atomic mass is 9.82. The molecule has 0 saturated carbocycles. The molecule has 186 valence electrons. The Hall–Kier alpha value is -3.42. The summed E-state index contributed by atoms with van der Waals surface area (Å²) in [7, 11) is 0. The maximum Gasteiger partial charge on any atom is 0.252 e. The van der Waals surface area contributed by atoms with Crippen molar-refractivity contribution in [2.45, 2.75) is 24.5 Å². The molecule has 1 aliphatic heterocycles. The van der Waals surface area contributed by atoms with Crippen molar-refractivity contribution in [1.82, 2.24) is 5.32 Å². The second-order valence-corrected chi connectivity index (χ2v) is 9.42. The minimum atomic E-state index is -1.22. The summed E-state index contributed by atoms with van der Waals surface area (Å²) >= 11 is 3.49. The molecule has 1 heterocycles. The highest BCUT2D eigenvalue weighted by Gasteiger charge is 2.53. The molecule has 7 heteroatoms. The molecule has 0 saturated heterocycles. The molecule has 0 fully saturated rings. The molecule has 0 bridgehead atoms. The van der Waals surface area contributed by atoms with Gasteiger partial charge in [-0.3, -0.25) is 4.79 Å². The van der Waals surface area contributed by atoms with Gasteiger partial charge in [0.15, 0.2) is 11.6 Å². The number of aliphatic imine (C=N–C) groups is 1. The molecule has 36 heavy (non-hydrogen) atoms. The smallest absolute Gasteiger partial charge is 0.252 e. The standard InChI is InChI=1S/C29H29BrN2O4/c1-2-17-31-28(34)29(20-21-7-4-3-5-8-21)26(22-9-13-24(30)14-10-22)36-27(32-29)23-11-15-25(16-12-23)35-19-6-18-33/h2-5,7-16,26,33H,1,6,17-20H2,(H,31,34)/t26-,29-/m1/s1. The van der Waals surface area contributed by atoms with E-state index < -0.39 is 11.6 Å². The molecule has 0 aliphatic carbocycles. The van der Waals surface area contributed by atoms with E-state index in [1.165, 1.54) is 0 Å². The fourth-order valence-electron chi connectivity index (χ4n) is 4.14. The van der Waals surface area contributed by atoms with Crippen molar-refractivity contribution in [2.24, 2.45) is 4.99 Å². The van der Waals surface area contributed by atoms with Crippen molar-refractivity contribution in [2.75, 3.05) is 19.8 Å². The predicted molar refractivity (Wildman–Crippen MR) is 144 cm³/mol. The van der Waals surface area contributed by atoms with Crippen LogP contribution >= 0.6 is 15.9 Å². The Labute approximate surface area is 219 Å². The number of carbonyl (C=O) groups is 1. The maximum absolute atomic E-state index is 13.8. The summed E-state index contributed by atoms with van der Waals surface area (Å²) in [5.74, 6) is 0.863. The van der Waals surface area contributed by atoms with Crippen LogP contribution < -0.4 is 10.1 Å². The molecule has 0 aromatic heterocycles. The molecule has 6 nitrogen and oxygen atoms in total. The van der Waals surface area contributed by atoms with E-state index in [0.717, 1.165) is 21.2 Å². The number of hydrogen-bond acceptors (Lipinski definition) is 5. The zero-order valence-corrected chi connectivity index (χ0v) is 21.5. The van der Waals surface area contributed by atoms with Crippen LogP contribution in [0, 0.1) is 0 Å². The van der Waals surface area contributed by atoms with Gasteiger partial charge >= 0.3 is 0 Å². The summed E-state index contributed by atoms with van der Waals surface area (Å²) in [6.45, 7) is 4.58. The monoisotopic (exact) mass is 548 g/mol. The van der Waals surface area contributed by atoms with Gasteiger partial charge in [-0.1, -0.05) is 64.5 Å². The Kier molecular flexibility index (Phi) is 8.57. The molecule has 2 atom stereocenters. The van der Waals surface area contributed by atoms with Crippen molar-refractivity contribution in [3.05, 3.63) is 113 Å². The Bertz CT molecular complexity index is 1200. The number of aliphatic hydroxyl groups excluding tert-OH is 1. The number of benzene rings is 3. The number of aliphatic hydroxyl groups is 1. The number of hydrogen-bond donors (Lipinski definition) is 2. The van der Waals surface area contributed by atoms with Gasteiger partial charge in [-0.25, -0.2) is 4.99 Å². The molecule has 3 aromatic carbocycles. The van der Waals surface area contributed by atoms with Crippen molar-refractivity contribution >= 4 is 27.7 Å². The van der Waals surface area contributed by atoms with E-state index in [1.807, 2.05) is 78.9 Å². The topological polar surface area (TPSA) is 80.2 Å². The van der Waals surface area contributed by atoms with Crippen LogP contribution in [0.25, 0.3) is 0 Å². The van der Waals surface area contributed by atoms with E-state index in [4.69, 9.17) is 19.6 Å². The van der Waals surface area contributed by atoms with Crippen LogP contribution in [0.5, 0.6) is 5.75 Å². The summed E-state index contributed by atoms with van der Waals surface area (Å²) in [5, 5.41) is 11.9. The predicted octanol–water partition coefficient (Wildman–Crippen LogP) is 5.01. The van der Waals surface area contributed by atoms with Gasteiger partial charge < -0.3 is 19.9 Å². The molecule has 4 rings (SSSR count). The summed E-state index contributed by atoms with van der Waals surface area (Å²) in [4.78, 5) is 18.7. The zero-order chi connectivity index (χ0) is 25.4. The second-order valence-electron chi connectivity index (χ2n) is 8.50. The zero-order valence-electron chi connectivity index (χ0n) is 19.9. The van der Waals surface area contributed by atoms with E-state index in [9.17, 15) is 4.79 Å². The van der Waals surface area contributed by atoms with Gasteiger partial charge in [-0.15, -0.1) is 6.58 Å². The van der Waals surface area contributed by atoms with Crippen LogP contribution in [-0.4, -0.2) is 42.2 Å². The van der Waals surface area contributed by atoms with Crippen LogP contribution in [0.4, 0.5) is 0 Å². The summed E-state index contributed by atoms with van der Waals surface area (Å²) in [5.41, 5.74) is 1.36. The Morgan fingerprint density at radius 1 is 1.11 bits per heavy atom. The lowest BCUT2D eigenvalue weighted by Gasteiger charge is -2.30. The van der Waals surface area contributed by atoms with E-state index in [-0.39, 0.29) is 12.5 Å². The summed E-state index contributed by atoms with van der Waals surface area (Å²) in [6.07, 6.45) is 1.95. The summed E-state index contributed by atoms with van der Waals surface area (Å²) in [6, 6.07) is 25.0. The van der Waals surface area contributed by atoms with Gasteiger partial charge in [0, 0.05) is 36.0 Å². The van der Waals surface area contributed by atoms with Gasteiger partial charge in [0.2, 0.25) is 5.90 Å². The Balaban J connectivity index is 1.75. The van der Waals surface area contributed by atoms with Gasteiger partial charge in [0.05, 0.1) is 6.61 Å². The summed E-state index contributed by atoms with van der Waals surface area (Å²) < 4.78 is 13.1. The number of rotatable bonds is 11. The highest BCUT2D eigenvalue weighted by atomic mass is 79.9. The molecule has 1 amide bonds. The number of carbonyl (C=O) groups excluding carboxylic acids is 1. The van der Waals surface area contributed by atoms with Gasteiger partial charge in [0.25, 0.3) is 5.91 Å². The quantitative estimate of drug-likeness (QED) is 0.260. The number of nitrogens with one attached hydrogen (secondary N) is 1. The van der Waals surface area contributed by atoms with Crippen LogP contribution in [-0.2, 0) is 16.0 Å². The normalized spacial score (nSPS) is 18.7. The van der Waals surface area contributed by atoms with E-state index >= 15 is 0 Å². The first-order chi connectivity index (χ1) is 17.6. The average Bonchev–Trinajstić information content (AvgIpc) is 3.29. The first-order valence-electron chi connectivity index (χ1n) is 11.8. The molecular weight excluding hydrogens is 520 g/mol. The average molecular weight is 549 g/mol. The second kappa shape index (κ2) is 12.0. The fourth-order valence-corrected chi connectivity index (χ4v) is 4.41. The first-order valence-corrected chi connectivity index (χ1v) is 12.6. The molecule has 0 radical (unpaired) electrons. The van der Waals surface area contributed by atoms with Gasteiger partial charge in [-0.05, 0) is 47.5 Å². The molecule has 0 unspecified atom stereocenters. The van der Waals surface area contributed by atoms with E-state index in [2.05, 4.69) is 27.8 Å². The first kappa shape index (κ1) is 25.7. The fraction of sp³-hybridized carbons (Fsp3) is 0.241. The van der Waals surface area contributed by atoms with Crippen molar-refractivity contribution < 1.29 is 19.4 Å². The Morgan fingerprint density at radius 3 is 2.50 bits per heavy atom. The number of nitrogens with zero attached hydrogens (tertiary/aromatic N) is 1. The highest BCUT2D eigenvalue weighted by molar-refractivity contribution is 9.10. The van der Waals surface area contributed by atoms with Gasteiger partial charge in [0.1, 0.15) is 5.75 Å². The van der Waals surface area contributed by atoms with Crippen LogP contribution in [0.1, 0.15) is 29.2 Å².